The molecular weight excluding hydrogens is 510 g/mol. The van der Waals surface area contributed by atoms with Crippen molar-refractivity contribution >= 4 is 29.1 Å². The Kier molecular flexibility index (Phi) is 7.54. The monoisotopic (exact) mass is 537 g/mol. The Bertz CT molecular complexity index is 1430. The van der Waals surface area contributed by atoms with Crippen LogP contribution < -0.4 is 16.0 Å². The molecule has 204 valence electrons. The van der Waals surface area contributed by atoms with Gasteiger partial charge >= 0.3 is 5.76 Å². The van der Waals surface area contributed by atoms with Crippen LogP contribution in [0, 0.1) is 6.92 Å². The number of hydrogen-bond acceptors (Lipinski definition) is 9. The van der Waals surface area contributed by atoms with E-state index in [0.29, 0.717) is 48.8 Å². The van der Waals surface area contributed by atoms with Crippen molar-refractivity contribution in [2.45, 2.75) is 19.1 Å². The van der Waals surface area contributed by atoms with E-state index in [2.05, 4.69) is 20.0 Å². The van der Waals surface area contributed by atoms with Crippen LogP contribution in [0.15, 0.2) is 51.8 Å². The molecule has 0 bridgehead atoms. The van der Waals surface area contributed by atoms with Crippen molar-refractivity contribution < 1.29 is 33.5 Å². The number of carbonyl (C=O) groups excluding carboxylic acids is 3. The Morgan fingerprint density at radius 3 is 2.51 bits per heavy atom. The van der Waals surface area contributed by atoms with Crippen molar-refractivity contribution in [1.29, 1.82) is 0 Å². The summed E-state index contributed by atoms with van der Waals surface area (Å²) < 4.78 is 15.3. The average Bonchev–Trinajstić information content (AvgIpc) is 3.40. The van der Waals surface area contributed by atoms with Crippen LogP contribution in [0.3, 0.4) is 0 Å². The van der Waals surface area contributed by atoms with Gasteiger partial charge in [-0.1, -0.05) is 11.2 Å². The average molecular weight is 538 g/mol. The summed E-state index contributed by atoms with van der Waals surface area (Å²) in [5.41, 5.74) is 2.60. The number of nitrogens with zero attached hydrogens (tertiary/aromatic N) is 3. The molecule has 2 fully saturated rings. The predicted molar refractivity (Wildman–Crippen MR) is 137 cm³/mol. The maximum atomic E-state index is 13.4. The van der Waals surface area contributed by atoms with Crippen molar-refractivity contribution in [2.24, 2.45) is 0 Å². The number of ether oxygens (including phenoxy) is 2. The number of aryl methyl sites for hydroxylation is 1. The van der Waals surface area contributed by atoms with E-state index in [9.17, 15) is 24.3 Å². The van der Waals surface area contributed by atoms with Crippen LogP contribution >= 0.6 is 0 Å². The second kappa shape index (κ2) is 11.2. The van der Waals surface area contributed by atoms with Gasteiger partial charge in [0, 0.05) is 42.1 Å². The molecular formula is C26H27N5O8. The Balaban J connectivity index is 1.28. The number of H-pyrrole nitrogens is 1. The molecule has 13 heteroatoms. The zero-order valence-corrected chi connectivity index (χ0v) is 21.1. The maximum absolute atomic E-state index is 13.4. The third-order valence-electron chi connectivity index (χ3n) is 6.59. The predicted octanol–water partition coefficient (Wildman–Crippen LogP) is 0.542. The first-order chi connectivity index (χ1) is 18.8. The number of benzene rings is 2. The molecule has 1 aromatic heterocycles. The fraction of sp³-hybridized carbons (Fsp3) is 0.346. The van der Waals surface area contributed by atoms with E-state index in [1.165, 1.54) is 4.90 Å². The van der Waals surface area contributed by atoms with E-state index in [4.69, 9.17) is 9.47 Å². The van der Waals surface area contributed by atoms with E-state index in [-0.39, 0.29) is 24.9 Å². The van der Waals surface area contributed by atoms with Crippen LogP contribution in [0.4, 0.5) is 11.4 Å². The summed E-state index contributed by atoms with van der Waals surface area (Å²) in [4.78, 5) is 55.9. The van der Waals surface area contributed by atoms with Gasteiger partial charge in [-0.25, -0.2) is 4.79 Å². The van der Waals surface area contributed by atoms with Gasteiger partial charge < -0.3 is 29.7 Å². The summed E-state index contributed by atoms with van der Waals surface area (Å²) in [5.74, 6) is -2.04. The summed E-state index contributed by atoms with van der Waals surface area (Å²) in [6.45, 7) is 4.03. The fourth-order valence-corrected chi connectivity index (χ4v) is 4.47. The van der Waals surface area contributed by atoms with Gasteiger partial charge in [0.1, 0.15) is 0 Å². The number of rotatable bonds is 6. The van der Waals surface area contributed by atoms with E-state index < -0.39 is 29.8 Å². The molecule has 2 atom stereocenters. The highest BCUT2D eigenvalue weighted by atomic mass is 16.5. The Morgan fingerprint density at radius 2 is 1.82 bits per heavy atom. The zero-order chi connectivity index (χ0) is 27.5. The van der Waals surface area contributed by atoms with Crippen LogP contribution in [0.2, 0.25) is 0 Å². The van der Waals surface area contributed by atoms with E-state index >= 15 is 0 Å². The molecule has 2 aliphatic heterocycles. The molecule has 13 nitrogen and oxygen atoms in total. The third kappa shape index (κ3) is 5.60. The van der Waals surface area contributed by atoms with Crippen molar-refractivity contribution in [1.82, 2.24) is 15.0 Å². The lowest BCUT2D eigenvalue weighted by molar-refractivity contribution is -0.150. The third-order valence-corrected chi connectivity index (χ3v) is 6.59. The number of hydrogen-bond donors (Lipinski definition) is 3. The van der Waals surface area contributed by atoms with Gasteiger partial charge in [0.15, 0.2) is 18.0 Å². The van der Waals surface area contributed by atoms with Gasteiger partial charge in [-0.15, -0.1) is 0 Å². The molecule has 2 saturated heterocycles. The first-order valence-electron chi connectivity index (χ1n) is 12.4. The molecule has 0 aliphatic carbocycles. The standard InChI is InChI=1S/C26H27N5O8/c1-15-2-3-17(24(34)30-8-11-37-12-9-30)14-19(15)31-10-13-38-21(25(31)35)20(32)23(33)27-18-6-4-16(5-7-18)22-28-26(36)39-29-22/h2-7,14,20-21,32H,8-13H2,1H3,(H,27,33)(H,28,29,36)/t20-,21-/m1/s1. The van der Waals surface area contributed by atoms with Gasteiger partial charge in [-0.2, -0.15) is 0 Å². The van der Waals surface area contributed by atoms with Crippen molar-refractivity contribution in [2.75, 3.05) is 49.7 Å². The van der Waals surface area contributed by atoms with Crippen LogP contribution in [-0.4, -0.2) is 89.5 Å². The van der Waals surface area contributed by atoms with Crippen LogP contribution in [-0.2, 0) is 19.1 Å². The summed E-state index contributed by atoms with van der Waals surface area (Å²) in [6.07, 6.45) is -3.22. The lowest BCUT2D eigenvalue weighted by Gasteiger charge is -2.35. The van der Waals surface area contributed by atoms with E-state index in [1.807, 2.05) is 6.92 Å². The number of nitrogens with one attached hydrogen (secondary N) is 2. The largest absolute Gasteiger partial charge is 0.439 e. The summed E-state index contributed by atoms with van der Waals surface area (Å²) in [7, 11) is 0. The fourth-order valence-electron chi connectivity index (χ4n) is 4.47. The highest BCUT2D eigenvalue weighted by molar-refractivity contribution is 6.05. The molecule has 0 saturated carbocycles. The van der Waals surface area contributed by atoms with Gasteiger partial charge in [0.25, 0.3) is 17.7 Å². The second-order valence-corrected chi connectivity index (χ2v) is 9.14. The molecule has 0 unspecified atom stereocenters. The molecule has 0 spiro atoms. The highest BCUT2D eigenvalue weighted by Gasteiger charge is 2.40. The molecule has 0 radical (unpaired) electrons. The normalized spacial score (nSPS) is 18.6. The molecule has 3 heterocycles. The number of anilines is 2. The molecule has 2 aliphatic rings. The maximum Gasteiger partial charge on any atom is 0.439 e. The molecule has 3 aromatic rings. The number of aromatic nitrogens is 2. The number of aromatic amines is 1. The summed E-state index contributed by atoms with van der Waals surface area (Å²) in [6, 6.07) is 11.4. The molecule has 39 heavy (non-hydrogen) atoms. The number of morpholine rings is 2. The van der Waals surface area contributed by atoms with Crippen molar-refractivity contribution in [3.8, 4) is 11.4 Å². The first kappa shape index (κ1) is 26.3. The smallest absolute Gasteiger partial charge is 0.380 e. The second-order valence-electron chi connectivity index (χ2n) is 9.14. The first-order valence-corrected chi connectivity index (χ1v) is 12.4. The minimum absolute atomic E-state index is 0.0897. The van der Waals surface area contributed by atoms with Gasteiger partial charge in [0.2, 0.25) is 0 Å². The van der Waals surface area contributed by atoms with Gasteiger partial charge in [-0.3, -0.25) is 23.9 Å². The molecule has 3 N–H and O–H groups in total. The number of carbonyl (C=O) groups is 3. The number of aliphatic hydroxyl groups excluding tert-OH is 1. The van der Waals surface area contributed by atoms with Crippen LogP contribution in [0.1, 0.15) is 15.9 Å². The van der Waals surface area contributed by atoms with Crippen LogP contribution in [0.25, 0.3) is 11.4 Å². The Morgan fingerprint density at radius 1 is 1.08 bits per heavy atom. The minimum Gasteiger partial charge on any atom is -0.380 e. The minimum atomic E-state index is -1.79. The zero-order valence-electron chi connectivity index (χ0n) is 21.1. The SMILES string of the molecule is Cc1ccc(C(=O)N2CCOCC2)cc1N1CCO[C@H]([C@@H](O)C(=O)Nc2ccc(-c3noc(=O)[nH]3)cc2)C1=O. The van der Waals surface area contributed by atoms with Crippen LogP contribution in [0.5, 0.6) is 0 Å². The topological polar surface area (TPSA) is 167 Å². The van der Waals surface area contributed by atoms with E-state index in [0.717, 1.165) is 5.56 Å². The van der Waals surface area contributed by atoms with Crippen molar-refractivity contribution in [3.05, 3.63) is 64.1 Å². The van der Waals surface area contributed by atoms with Gasteiger partial charge in [-0.05, 0) is 48.9 Å². The number of amides is 3. The van der Waals surface area contributed by atoms with Gasteiger partial charge in [0.05, 0.1) is 19.8 Å². The number of aliphatic hydroxyl groups is 1. The van der Waals surface area contributed by atoms with E-state index in [1.54, 1.807) is 47.4 Å². The highest BCUT2D eigenvalue weighted by Crippen LogP contribution is 2.27. The Hall–Kier alpha value is -4.33. The van der Waals surface area contributed by atoms with Crippen molar-refractivity contribution in [3.63, 3.8) is 0 Å². The summed E-state index contributed by atoms with van der Waals surface area (Å²) in [5, 5.41) is 16.9. The quantitative estimate of drug-likeness (QED) is 0.407. The molecule has 5 rings (SSSR count). The molecule has 3 amide bonds. The lowest BCUT2D eigenvalue weighted by atomic mass is 10.0. The lowest BCUT2D eigenvalue weighted by Crippen LogP contribution is -2.55. The summed E-state index contributed by atoms with van der Waals surface area (Å²) >= 11 is 0. The molecule has 2 aromatic carbocycles. The Labute approximate surface area is 222 Å².